The first-order valence-electron chi connectivity index (χ1n) is 8.78. The number of hydrogen-bond acceptors (Lipinski definition) is 3. The van der Waals surface area contributed by atoms with E-state index in [2.05, 4.69) is 18.4 Å². The van der Waals surface area contributed by atoms with Crippen LogP contribution in [0.25, 0.3) is 0 Å². The second-order valence-corrected chi connectivity index (χ2v) is 7.89. The van der Waals surface area contributed by atoms with Gasteiger partial charge in [-0.2, -0.15) is 0 Å². The lowest BCUT2D eigenvalue weighted by atomic mass is 10.1. The summed E-state index contributed by atoms with van der Waals surface area (Å²) in [7, 11) is 1.62. The fourth-order valence-corrected chi connectivity index (χ4v) is 3.90. The molecule has 1 aromatic heterocycles. The van der Waals surface area contributed by atoms with Crippen LogP contribution in [0.15, 0.2) is 66.0 Å². The highest BCUT2D eigenvalue weighted by molar-refractivity contribution is 7.09. The number of amides is 1. The highest BCUT2D eigenvalue weighted by atomic mass is 35.5. The Bertz CT molecular complexity index is 860. The van der Waals surface area contributed by atoms with Crippen molar-refractivity contribution in [3.63, 3.8) is 0 Å². The molecule has 5 heteroatoms. The molecule has 3 rings (SSSR count). The molecule has 140 valence electrons. The van der Waals surface area contributed by atoms with Gasteiger partial charge < -0.3 is 9.64 Å². The largest absolute Gasteiger partial charge is 0.497 e. The minimum absolute atomic E-state index is 0.0108. The summed E-state index contributed by atoms with van der Waals surface area (Å²) in [6.07, 6.45) is 0.827. The first-order valence-corrected chi connectivity index (χ1v) is 10.0. The van der Waals surface area contributed by atoms with E-state index in [1.165, 1.54) is 4.88 Å². The van der Waals surface area contributed by atoms with E-state index in [9.17, 15) is 4.79 Å². The van der Waals surface area contributed by atoms with Crippen molar-refractivity contribution in [3.8, 4) is 5.75 Å². The fourth-order valence-electron chi connectivity index (χ4n) is 2.94. The maximum atomic E-state index is 13.2. The van der Waals surface area contributed by atoms with Gasteiger partial charge in [-0.05, 0) is 60.3 Å². The molecule has 0 N–H and O–H groups in total. The Morgan fingerprint density at radius 2 is 1.81 bits per heavy atom. The predicted octanol–water partition coefficient (Wildman–Crippen LogP) is 5.68. The molecule has 0 bridgehead atoms. The number of halogens is 1. The molecule has 3 nitrogen and oxygen atoms in total. The third-order valence-electron chi connectivity index (χ3n) is 4.47. The molecule has 2 aromatic carbocycles. The van der Waals surface area contributed by atoms with Gasteiger partial charge in [-0.3, -0.25) is 4.79 Å². The van der Waals surface area contributed by atoms with Gasteiger partial charge in [0, 0.05) is 34.5 Å². The standard InChI is InChI=1S/C22H22ClNO2S/c1-16(14-21-4-3-13-27-21)24(15-17-5-9-19(23)10-6-17)22(25)18-7-11-20(26-2)12-8-18/h3-13,16H,14-15H2,1-2H3/t16-/m1/s1. The minimum Gasteiger partial charge on any atom is -0.497 e. The SMILES string of the molecule is COc1ccc(C(=O)N(Cc2ccc(Cl)cc2)[C@H](C)Cc2cccs2)cc1. The Kier molecular flexibility index (Phi) is 6.54. The Hall–Kier alpha value is -2.30. The smallest absolute Gasteiger partial charge is 0.254 e. The predicted molar refractivity (Wildman–Crippen MR) is 112 cm³/mol. The third-order valence-corrected chi connectivity index (χ3v) is 5.62. The van der Waals surface area contributed by atoms with Crippen LogP contribution in [-0.4, -0.2) is 24.0 Å². The number of methoxy groups -OCH3 is 1. The van der Waals surface area contributed by atoms with Crippen LogP contribution in [0.3, 0.4) is 0 Å². The lowest BCUT2D eigenvalue weighted by Gasteiger charge is -2.29. The van der Waals surface area contributed by atoms with E-state index in [4.69, 9.17) is 16.3 Å². The van der Waals surface area contributed by atoms with Crippen molar-refractivity contribution in [3.05, 3.63) is 87.1 Å². The molecule has 0 saturated carbocycles. The summed E-state index contributed by atoms with van der Waals surface area (Å²) < 4.78 is 5.20. The van der Waals surface area contributed by atoms with Crippen molar-refractivity contribution in [2.75, 3.05) is 7.11 Å². The molecule has 0 fully saturated rings. The van der Waals surface area contributed by atoms with Gasteiger partial charge in [0.1, 0.15) is 5.75 Å². The van der Waals surface area contributed by atoms with Crippen molar-refractivity contribution >= 4 is 28.8 Å². The molecule has 3 aromatic rings. The summed E-state index contributed by atoms with van der Waals surface area (Å²) in [5.41, 5.74) is 1.71. The second kappa shape index (κ2) is 9.07. The van der Waals surface area contributed by atoms with Crippen LogP contribution in [0.4, 0.5) is 0 Å². The van der Waals surface area contributed by atoms with E-state index in [-0.39, 0.29) is 11.9 Å². The summed E-state index contributed by atoms with van der Waals surface area (Å²) in [6.45, 7) is 2.63. The van der Waals surface area contributed by atoms with Crippen LogP contribution >= 0.6 is 22.9 Å². The molecule has 1 amide bonds. The lowest BCUT2D eigenvalue weighted by molar-refractivity contribution is 0.0676. The van der Waals surface area contributed by atoms with Crippen LogP contribution in [0.2, 0.25) is 5.02 Å². The molecule has 1 atom stereocenters. The number of nitrogens with zero attached hydrogens (tertiary/aromatic N) is 1. The number of carbonyl (C=O) groups excluding carboxylic acids is 1. The molecule has 0 radical (unpaired) electrons. The highest BCUT2D eigenvalue weighted by Crippen LogP contribution is 2.21. The summed E-state index contributed by atoms with van der Waals surface area (Å²) in [5, 5.41) is 2.76. The summed E-state index contributed by atoms with van der Waals surface area (Å²) >= 11 is 7.72. The minimum atomic E-state index is 0.0108. The number of rotatable bonds is 7. The number of benzene rings is 2. The second-order valence-electron chi connectivity index (χ2n) is 6.42. The van der Waals surface area contributed by atoms with Crippen molar-refractivity contribution in [1.82, 2.24) is 4.90 Å². The van der Waals surface area contributed by atoms with Crippen LogP contribution in [-0.2, 0) is 13.0 Å². The average Bonchev–Trinajstić information content (AvgIpc) is 3.20. The van der Waals surface area contributed by atoms with Gasteiger partial charge in [0.25, 0.3) is 5.91 Å². The average molecular weight is 400 g/mol. The fraction of sp³-hybridized carbons (Fsp3) is 0.227. The number of carbonyl (C=O) groups is 1. The molecule has 0 aliphatic carbocycles. The van der Waals surface area contributed by atoms with Gasteiger partial charge in [-0.1, -0.05) is 29.8 Å². The molecule has 0 saturated heterocycles. The van der Waals surface area contributed by atoms with Crippen LogP contribution in [0.1, 0.15) is 27.7 Å². The summed E-state index contributed by atoms with van der Waals surface area (Å²) in [5.74, 6) is 0.749. The number of hydrogen-bond donors (Lipinski definition) is 0. The zero-order valence-corrected chi connectivity index (χ0v) is 17.0. The molecule has 27 heavy (non-hydrogen) atoms. The van der Waals surface area contributed by atoms with Crippen molar-refractivity contribution in [1.29, 1.82) is 0 Å². The molecule has 0 aliphatic rings. The van der Waals surface area contributed by atoms with Crippen LogP contribution < -0.4 is 4.74 Å². The maximum absolute atomic E-state index is 13.2. The molecule has 0 aliphatic heterocycles. The maximum Gasteiger partial charge on any atom is 0.254 e. The van der Waals surface area contributed by atoms with Gasteiger partial charge in [-0.25, -0.2) is 0 Å². The van der Waals surface area contributed by atoms with Crippen molar-refractivity contribution < 1.29 is 9.53 Å². The highest BCUT2D eigenvalue weighted by Gasteiger charge is 2.22. The zero-order valence-electron chi connectivity index (χ0n) is 15.4. The van der Waals surface area contributed by atoms with Crippen molar-refractivity contribution in [2.45, 2.75) is 25.9 Å². The van der Waals surface area contributed by atoms with Crippen LogP contribution in [0.5, 0.6) is 5.75 Å². The Balaban J connectivity index is 1.84. The molecular formula is C22H22ClNO2S. The van der Waals surface area contributed by atoms with E-state index in [0.29, 0.717) is 17.1 Å². The Morgan fingerprint density at radius 3 is 2.41 bits per heavy atom. The van der Waals surface area contributed by atoms with E-state index in [1.54, 1.807) is 18.4 Å². The molecular weight excluding hydrogens is 378 g/mol. The van der Waals surface area contributed by atoms with Crippen molar-refractivity contribution in [2.24, 2.45) is 0 Å². The Labute approximate surface area is 169 Å². The topological polar surface area (TPSA) is 29.5 Å². The monoisotopic (exact) mass is 399 g/mol. The quantitative estimate of drug-likeness (QED) is 0.511. The third kappa shape index (κ3) is 5.12. The Morgan fingerprint density at radius 1 is 1.11 bits per heavy atom. The summed E-state index contributed by atoms with van der Waals surface area (Å²) in [6, 6.07) is 19.1. The van der Waals surface area contributed by atoms with Gasteiger partial charge in [0.15, 0.2) is 0 Å². The normalized spacial score (nSPS) is 11.8. The number of ether oxygens (including phenoxy) is 1. The first kappa shape index (κ1) is 19.5. The summed E-state index contributed by atoms with van der Waals surface area (Å²) in [4.78, 5) is 16.4. The molecule has 0 unspecified atom stereocenters. The van der Waals surface area contributed by atoms with Crippen LogP contribution in [0, 0.1) is 0 Å². The molecule has 0 spiro atoms. The number of thiophene rings is 1. The van der Waals surface area contributed by atoms with E-state index >= 15 is 0 Å². The van der Waals surface area contributed by atoms with Gasteiger partial charge >= 0.3 is 0 Å². The zero-order chi connectivity index (χ0) is 19.2. The van der Waals surface area contributed by atoms with Gasteiger partial charge in [0.2, 0.25) is 0 Å². The van der Waals surface area contributed by atoms with Gasteiger partial charge in [-0.15, -0.1) is 11.3 Å². The van der Waals surface area contributed by atoms with Gasteiger partial charge in [0.05, 0.1) is 7.11 Å². The van der Waals surface area contributed by atoms with E-state index < -0.39 is 0 Å². The van der Waals surface area contributed by atoms with E-state index in [0.717, 1.165) is 17.7 Å². The molecule has 1 heterocycles. The lowest BCUT2D eigenvalue weighted by Crippen LogP contribution is -2.39. The van der Waals surface area contributed by atoms with E-state index in [1.807, 2.05) is 59.5 Å². The first-order chi connectivity index (χ1) is 13.1.